The molecule has 16 heavy (non-hydrogen) atoms. The molecule has 1 aliphatic rings. The second-order valence-corrected chi connectivity index (χ2v) is 4.44. The molecule has 1 atom stereocenters. The number of carbonyl (C=O) groups excluding carboxylic acids is 1. The highest BCUT2D eigenvalue weighted by Gasteiger charge is 2.46. The number of hydrogen-bond donors (Lipinski definition) is 1. The van der Waals surface area contributed by atoms with Gasteiger partial charge in [0.2, 0.25) is 0 Å². The first-order chi connectivity index (χ1) is 7.40. The smallest absolute Gasteiger partial charge is 0.411 e. The predicted molar refractivity (Wildman–Crippen MR) is 58.1 cm³/mol. The Balaban J connectivity index is 2.82. The maximum Gasteiger partial charge on any atom is 0.411 e. The topological polar surface area (TPSA) is 66.8 Å². The van der Waals surface area contributed by atoms with E-state index in [4.69, 9.17) is 9.84 Å². The normalized spacial score (nSPS) is 22.9. The molecule has 0 spiro atoms. The molecule has 1 amide bonds. The lowest BCUT2D eigenvalue weighted by Crippen LogP contribution is -2.50. The second-order valence-electron chi connectivity index (χ2n) is 4.44. The summed E-state index contributed by atoms with van der Waals surface area (Å²) in [5.74, 6) is -0.985. The van der Waals surface area contributed by atoms with Crippen molar-refractivity contribution in [3.05, 3.63) is 12.7 Å². The van der Waals surface area contributed by atoms with E-state index in [-0.39, 0.29) is 6.61 Å². The average Bonchev–Trinajstić information content (AvgIpc) is 2.50. The number of nitrogens with zero attached hydrogens (tertiary/aromatic N) is 1. The van der Waals surface area contributed by atoms with Crippen LogP contribution in [-0.2, 0) is 9.53 Å². The van der Waals surface area contributed by atoms with Crippen molar-refractivity contribution >= 4 is 12.1 Å². The Kier molecular flexibility index (Phi) is 3.57. The predicted octanol–water partition coefficient (Wildman–Crippen LogP) is 1.64. The van der Waals surface area contributed by atoms with Crippen LogP contribution in [0.4, 0.5) is 4.79 Å². The van der Waals surface area contributed by atoms with Gasteiger partial charge in [0.25, 0.3) is 0 Å². The Morgan fingerprint density at radius 2 is 2.25 bits per heavy atom. The first-order valence-corrected chi connectivity index (χ1v) is 5.20. The van der Waals surface area contributed by atoms with Crippen LogP contribution >= 0.6 is 0 Å². The molecule has 1 N–H and O–H groups in total. The average molecular weight is 227 g/mol. The summed E-state index contributed by atoms with van der Waals surface area (Å²) in [4.78, 5) is 24.0. The van der Waals surface area contributed by atoms with Crippen molar-refractivity contribution < 1.29 is 19.4 Å². The number of likely N-dealkylation sites (tertiary alicyclic amines) is 1. The minimum absolute atomic E-state index is 0.0950. The Morgan fingerprint density at radius 3 is 2.75 bits per heavy atom. The summed E-state index contributed by atoms with van der Waals surface area (Å²) in [6, 6.07) is -0.785. The van der Waals surface area contributed by atoms with Crippen molar-refractivity contribution in [2.45, 2.75) is 38.3 Å². The minimum Gasteiger partial charge on any atom is -0.480 e. The van der Waals surface area contributed by atoms with Gasteiger partial charge in [-0.15, -0.1) is 0 Å². The number of carboxylic acid groups (broad SMARTS) is 1. The van der Waals surface area contributed by atoms with Crippen molar-refractivity contribution in [1.82, 2.24) is 4.90 Å². The number of ether oxygens (including phenoxy) is 1. The van der Waals surface area contributed by atoms with Crippen molar-refractivity contribution in [3.63, 3.8) is 0 Å². The molecular formula is C11H17NO4. The summed E-state index contributed by atoms with van der Waals surface area (Å²) in [5.41, 5.74) is -0.471. The zero-order chi connectivity index (χ0) is 12.3. The molecule has 5 nitrogen and oxygen atoms in total. The van der Waals surface area contributed by atoms with E-state index >= 15 is 0 Å². The highest BCUT2D eigenvalue weighted by atomic mass is 16.6. The van der Waals surface area contributed by atoms with Gasteiger partial charge in [0, 0.05) is 5.54 Å². The molecular weight excluding hydrogens is 210 g/mol. The van der Waals surface area contributed by atoms with Crippen LogP contribution in [-0.4, -0.2) is 40.3 Å². The Morgan fingerprint density at radius 1 is 1.62 bits per heavy atom. The van der Waals surface area contributed by atoms with Crippen LogP contribution < -0.4 is 0 Å². The van der Waals surface area contributed by atoms with Crippen LogP contribution in [0.15, 0.2) is 12.7 Å². The summed E-state index contributed by atoms with van der Waals surface area (Å²) in [7, 11) is 0. The maximum absolute atomic E-state index is 11.7. The van der Waals surface area contributed by atoms with E-state index in [1.807, 2.05) is 13.8 Å². The number of amides is 1. The maximum atomic E-state index is 11.7. The SMILES string of the molecule is C=CCOC(=O)N1C(C(=O)O)CCC1(C)C. The fourth-order valence-corrected chi connectivity index (χ4v) is 1.97. The largest absolute Gasteiger partial charge is 0.480 e. The zero-order valence-electron chi connectivity index (χ0n) is 9.60. The summed E-state index contributed by atoms with van der Waals surface area (Å²) in [5, 5.41) is 9.02. The summed E-state index contributed by atoms with van der Waals surface area (Å²) in [6.45, 7) is 7.21. The molecule has 0 aromatic rings. The highest BCUT2D eigenvalue weighted by molar-refractivity contribution is 5.81. The molecule has 0 radical (unpaired) electrons. The molecule has 5 heteroatoms. The van der Waals surface area contributed by atoms with Gasteiger partial charge in [-0.25, -0.2) is 9.59 Å². The molecule has 1 unspecified atom stereocenters. The van der Waals surface area contributed by atoms with Crippen LogP contribution in [0.2, 0.25) is 0 Å². The summed E-state index contributed by atoms with van der Waals surface area (Å²) < 4.78 is 4.90. The van der Waals surface area contributed by atoms with Gasteiger partial charge in [-0.2, -0.15) is 0 Å². The number of rotatable bonds is 3. The van der Waals surface area contributed by atoms with Crippen molar-refractivity contribution in [3.8, 4) is 0 Å². The van der Waals surface area contributed by atoms with E-state index < -0.39 is 23.6 Å². The summed E-state index contributed by atoms with van der Waals surface area (Å²) in [6.07, 6.45) is 1.99. The monoisotopic (exact) mass is 227 g/mol. The third kappa shape index (κ3) is 2.35. The third-order valence-corrected chi connectivity index (χ3v) is 2.80. The molecule has 0 aromatic carbocycles. The molecule has 0 aliphatic carbocycles. The molecule has 1 aliphatic heterocycles. The van der Waals surface area contributed by atoms with Crippen molar-refractivity contribution in [1.29, 1.82) is 0 Å². The van der Waals surface area contributed by atoms with Gasteiger partial charge in [-0.05, 0) is 26.7 Å². The molecule has 1 fully saturated rings. The van der Waals surface area contributed by atoms with Crippen molar-refractivity contribution in [2.24, 2.45) is 0 Å². The first-order valence-electron chi connectivity index (χ1n) is 5.20. The number of hydrogen-bond acceptors (Lipinski definition) is 3. The lowest BCUT2D eigenvalue weighted by molar-refractivity contribution is -0.142. The van der Waals surface area contributed by atoms with E-state index in [1.54, 1.807) is 0 Å². The Labute approximate surface area is 94.7 Å². The van der Waals surface area contributed by atoms with Crippen LogP contribution in [0, 0.1) is 0 Å². The van der Waals surface area contributed by atoms with E-state index in [2.05, 4.69) is 6.58 Å². The third-order valence-electron chi connectivity index (χ3n) is 2.80. The minimum atomic E-state index is -0.985. The number of carboxylic acids is 1. The molecule has 1 heterocycles. The Hall–Kier alpha value is -1.52. The zero-order valence-corrected chi connectivity index (χ0v) is 9.60. The Bertz CT molecular complexity index is 311. The van der Waals surface area contributed by atoms with Crippen LogP contribution in [0.25, 0.3) is 0 Å². The van der Waals surface area contributed by atoms with Gasteiger partial charge < -0.3 is 9.84 Å². The molecule has 0 bridgehead atoms. The fraction of sp³-hybridized carbons (Fsp3) is 0.636. The van der Waals surface area contributed by atoms with Gasteiger partial charge in [0.1, 0.15) is 12.6 Å². The number of aliphatic carboxylic acids is 1. The molecule has 0 aromatic heterocycles. The van der Waals surface area contributed by atoms with E-state index in [1.165, 1.54) is 11.0 Å². The molecule has 1 saturated heterocycles. The van der Waals surface area contributed by atoms with Crippen molar-refractivity contribution in [2.75, 3.05) is 6.61 Å². The lowest BCUT2D eigenvalue weighted by atomic mass is 10.0. The highest BCUT2D eigenvalue weighted by Crippen LogP contribution is 2.34. The molecule has 0 saturated carbocycles. The molecule has 1 rings (SSSR count). The first kappa shape index (κ1) is 12.5. The lowest BCUT2D eigenvalue weighted by Gasteiger charge is -2.33. The summed E-state index contributed by atoms with van der Waals surface area (Å²) >= 11 is 0. The fourth-order valence-electron chi connectivity index (χ4n) is 1.97. The van der Waals surface area contributed by atoms with E-state index in [9.17, 15) is 9.59 Å². The van der Waals surface area contributed by atoms with Gasteiger partial charge in [0.15, 0.2) is 0 Å². The number of carbonyl (C=O) groups is 2. The van der Waals surface area contributed by atoms with Crippen LogP contribution in [0.1, 0.15) is 26.7 Å². The van der Waals surface area contributed by atoms with E-state index in [0.717, 1.165) is 0 Å². The van der Waals surface area contributed by atoms with Gasteiger partial charge in [-0.1, -0.05) is 12.7 Å². The molecule has 90 valence electrons. The van der Waals surface area contributed by atoms with Gasteiger partial charge in [-0.3, -0.25) is 4.90 Å². The quantitative estimate of drug-likeness (QED) is 0.744. The van der Waals surface area contributed by atoms with E-state index in [0.29, 0.717) is 12.8 Å². The van der Waals surface area contributed by atoms with Gasteiger partial charge >= 0.3 is 12.1 Å². The second kappa shape index (κ2) is 4.55. The van der Waals surface area contributed by atoms with Crippen LogP contribution in [0.5, 0.6) is 0 Å². The van der Waals surface area contributed by atoms with Crippen LogP contribution in [0.3, 0.4) is 0 Å². The standard InChI is InChI=1S/C11H17NO4/c1-4-7-16-10(15)12-8(9(13)14)5-6-11(12,2)3/h4,8H,1,5-7H2,2-3H3,(H,13,14). The van der Waals surface area contributed by atoms with Gasteiger partial charge in [0.05, 0.1) is 0 Å².